The molecule has 4 aliphatic rings. The minimum Gasteiger partial charge on any atom is -0.312 e. The number of rotatable bonds is 3. The van der Waals surface area contributed by atoms with E-state index >= 15 is 0 Å². The first-order valence-corrected chi connectivity index (χ1v) is 11.7. The number of anilines is 1. The Kier molecular flexibility index (Phi) is 4.08. The highest BCUT2D eigenvalue weighted by Crippen LogP contribution is 2.39. The molecule has 28 heavy (non-hydrogen) atoms. The molecule has 10 heteroatoms. The van der Waals surface area contributed by atoms with Gasteiger partial charge in [0.2, 0.25) is 21.8 Å². The van der Waals surface area contributed by atoms with Crippen LogP contribution in [0.5, 0.6) is 0 Å². The van der Waals surface area contributed by atoms with Crippen LogP contribution in [0, 0.1) is 0 Å². The molecule has 0 bridgehead atoms. The maximum absolute atomic E-state index is 13.2. The largest absolute Gasteiger partial charge is 0.312 e. The topological polar surface area (TPSA) is 95.1 Å². The second-order valence-corrected chi connectivity index (χ2v) is 10.4. The first-order valence-electron chi connectivity index (χ1n) is 9.31. The predicted molar refractivity (Wildman–Crippen MR) is 103 cm³/mol. The lowest BCUT2D eigenvalue weighted by Crippen LogP contribution is -2.41. The number of hydrogen-bond acceptors (Lipinski definition) is 6. The molecule has 0 N–H and O–H groups in total. The Hall–Kier alpha value is -1.91. The van der Waals surface area contributed by atoms with Gasteiger partial charge in [0.15, 0.2) is 0 Å². The number of nitrogens with zero attached hydrogens (tertiary/aromatic N) is 3. The molecule has 4 aliphatic heterocycles. The lowest BCUT2D eigenvalue weighted by molar-refractivity contribution is -0.126. The number of thioether (sulfide) groups is 1. The SMILES string of the molecule is O=C1CCc2cc(S(=O)(=O)N3CC[C@H](N4C(=O)CSC4=O)C3)cc3c2N1CC3. The number of sulfonamides is 1. The van der Waals surface area contributed by atoms with Crippen molar-refractivity contribution in [2.24, 2.45) is 0 Å². The molecule has 0 aliphatic carbocycles. The summed E-state index contributed by atoms with van der Waals surface area (Å²) in [7, 11) is -3.72. The fourth-order valence-electron chi connectivity index (χ4n) is 4.58. The monoisotopic (exact) mass is 421 g/mol. The van der Waals surface area contributed by atoms with Gasteiger partial charge in [0.05, 0.1) is 22.4 Å². The quantitative estimate of drug-likeness (QED) is 0.722. The van der Waals surface area contributed by atoms with Gasteiger partial charge in [-0.2, -0.15) is 4.31 Å². The van der Waals surface area contributed by atoms with E-state index in [1.165, 1.54) is 9.21 Å². The molecule has 1 aromatic carbocycles. The van der Waals surface area contributed by atoms with Crippen molar-refractivity contribution in [1.29, 1.82) is 0 Å². The van der Waals surface area contributed by atoms with Crippen molar-refractivity contribution in [3.8, 4) is 0 Å². The average molecular weight is 422 g/mol. The Bertz CT molecular complexity index is 1010. The lowest BCUT2D eigenvalue weighted by Gasteiger charge is -2.26. The molecule has 1 atom stereocenters. The zero-order valence-electron chi connectivity index (χ0n) is 15.1. The van der Waals surface area contributed by atoms with E-state index in [4.69, 9.17) is 0 Å². The van der Waals surface area contributed by atoms with Gasteiger partial charge in [0.1, 0.15) is 0 Å². The normalized spacial score (nSPS) is 25.1. The Balaban J connectivity index is 1.44. The molecule has 148 valence electrons. The molecular weight excluding hydrogens is 402 g/mol. The molecule has 0 unspecified atom stereocenters. The summed E-state index contributed by atoms with van der Waals surface area (Å²) in [6.07, 6.45) is 2.07. The molecule has 0 aromatic heterocycles. The predicted octanol–water partition coefficient (Wildman–Crippen LogP) is 0.980. The highest BCUT2D eigenvalue weighted by Gasteiger charge is 2.43. The average Bonchev–Trinajstić information content (AvgIpc) is 3.38. The van der Waals surface area contributed by atoms with Crippen molar-refractivity contribution in [3.05, 3.63) is 23.3 Å². The van der Waals surface area contributed by atoms with Crippen LogP contribution in [-0.2, 0) is 32.5 Å². The number of carbonyl (C=O) groups excluding carboxylic acids is 3. The van der Waals surface area contributed by atoms with E-state index in [0.29, 0.717) is 32.2 Å². The van der Waals surface area contributed by atoms with Gasteiger partial charge in [-0.05, 0) is 42.5 Å². The summed E-state index contributed by atoms with van der Waals surface area (Å²) in [5.74, 6) is -0.0149. The molecular formula is C18H19N3O5S2. The zero-order valence-corrected chi connectivity index (χ0v) is 16.7. The summed E-state index contributed by atoms with van der Waals surface area (Å²) >= 11 is 0.968. The summed E-state index contributed by atoms with van der Waals surface area (Å²) in [6.45, 7) is 1.02. The molecule has 5 rings (SSSR count). The van der Waals surface area contributed by atoms with Crippen molar-refractivity contribution in [3.63, 3.8) is 0 Å². The van der Waals surface area contributed by atoms with Crippen molar-refractivity contribution in [2.75, 3.05) is 30.3 Å². The third-order valence-corrected chi connectivity index (χ3v) is 8.62. The number of benzene rings is 1. The van der Waals surface area contributed by atoms with Gasteiger partial charge in [-0.25, -0.2) is 8.42 Å². The van der Waals surface area contributed by atoms with E-state index in [0.717, 1.165) is 28.6 Å². The number of carbonyl (C=O) groups is 3. The molecule has 2 fully saturated rings. The number of imide groups is 1. The molecule has 0 spiro atoms. The Morgan fingerprint density at radius 3 is 2.43 bits per heavy atom. The van der Waals surface area contributed by atoms with Gasteiger partial charge >= 0.3 is 0 Å². The van der Waals surface area contributed by atoms with Crippen molar-refractivity contribution < 1.29 is 22.8 Å². The van der Waals surface area contributed by atoms with Crippen LogP contribution in [-0.4, -0.2) is 66.1 Å². The van der Waals surface area contributed by atoms with E-state index in [2.05, 4.69) is 0 Å². The highest BCUT2D eigenvalue weighted by atomic mass is 32.2. The Morgan fingerprint density at radius 1 is 0.964 bits per heavy atom. The zero-order chi connectivity index (χ0) is 19.6. The maximum atomic E-state index is 13.2. The summed E-state index contributed by atoms with van der Waals surface area (Å²) in [5.41, 5.74) is 2.70. The van der Waals surface area contributed by atoms with Crippen LogP contribution < -0.4 is 4.90 Å². The molecule has 0 saturated carbocycles. The standard InChI is InChI=1S/C18H19N3O5S2/c22-15-2-1-11-7-14(8-12-3-6-20(15)17(11)12)28(25,26)19-5-4-13(9-19)21-16(23)10-27-18(21)24/h7-8,13H,1-6,9-10H2/t13-/m0/s1. The molecule has 8 nitrogen and oxygen atoms in total. The first-order chi connectivity index (χ1) is 13.4. The van der Waals surface area contributed by atoms with Gasteiger partial charge in [0, 0.05) is 26.1 Å². The van der Waals surface area contributed by atoms with Gasteiger partial charge in [-0.3, -0.25) is 19.3 Å². The molecule has 3 amide bonds. The number of amides is 3. The van der Waals surface area contributed by atoms with E-state index in [9.17, 15) is 22.8 Å². The van der Waals surface area contributed by atoms with Gasteiger partial charge in [0.25, 0.3) is 5.24 Å². The van der Waals surface area contributed by atoms with Crippen LogP contribution in [0.25, 0.3) is 0 Å². The molecule has 0 radical (unpaired) electrons. The first kappa shape index (κ1) is 18.1. The van der Waals surface area contributed by atoms with Crippen LogP contribution in [0.1, 0.15) is 24.0 Å². The molecule has 1 aromatic rings. The van der Waals surface area contributed by atoms with E-state index in [1.54, 1.807) is 17.0 Å². The van der Waals surface area contributed by atoms with Crippen molar-refractivity contribution in [2.45, 2.75) is 36.6 Å². The lowest BCUT2D eigenvalue weighted by atomic mass is 10.00. The van der Waals surface area contributed by atoms with Crippen LogP contribution in [0.15, 0.2) is 17.0 Å². The summed E-state index contributed by atoms with van der Waals surface area (Å²) in [6, 6.07) is 2.97. The minimum absolute atomic E-state index is 0.0991. The van der Waals surface area contributed by atoms with Gasteiger partial charge in [-0.1, -0.05) is 11.8 Å². The van der Waals surface area contributed by atoms with E-state index in [1.807, 2.05) is 0 Å². The van der Waals surface area contributed by atoms with Crippen LogP contribution >= 0.6 is 11.8 Å². The third-order valence-electron chi connectivity index (χ3n) is 5.94. The van der Waals surface area contributed by atoms with Crippen molar-refractivity contribution >= 4 is 44.5 Å². The smallest absolute Gasteiger partial charge is 0.289 e. The summed E-state index contributed by atoms with van der Waals surface area (Å²) < 4.78 is 27.9. The minimum atomic E-state index is -3.72. The van der Waals surface area contributed by atoms with Crippen molar-refractivity contribution in [1.82, 2.24) is 9.21 Å². The molecule has 2 saturated heterocycles. The maximum Gasteiger partial charge on any atom is 0.289 e. The number of aryl methyl sites for hydroxylation is 1. The number of hydrogen-bond donors (Lipinski definition) is 0. The van der Waals surface area contributed by atoms with Crippen LogP contribution in [0.2, 0.25) is 0 Å². The summed E-state index contributed by atoms with van der Waals surface area (Å²) in [5, 5.41) is -0.291. The van der Waals surface area contributed by atoms with Gasteiger partial charge < -0.3 is 4.90 Å². The third kappa shape index (κ3) is 2.61. The second-order valence-electron chi connectivity index (χ2n) is 7.51. The second kappa shape index (κ2) is 6.30. The van der Waals surface area contributed by atoms with E-state index in [-0.39, 0.29) is 40.8 Å². The van der Waals surface area contributed by atoms with Gasteiger partial charge in [-0.15, -0.1) is 0 Å². The van der Waals surface area contributed by atoms with Crippen LogP contribution in [0.4, 0.5) is 10.5 Å². The molecule has 4 heterocycles. The Labute approximate surface area is 166 Å². The fraction of sp³-hybridized carbons (Fsp3) is 0.500. The Morgan fingerprint density at radius 2 is 1.71 bits per heavy atom. The fourth-order valence-corrected chi connectivity index (χ4v) is 6.95. The summed E-state index contributed by atoms with van der Waals surface area (Å²) in [4.78, 5) is 39.2. The van der Waals surface area contributed by atoms with Crippen LogP contribution in [0.3, 0.4) is 0 Å². The van der Waals surface area contributed by atoms with E-state index < -0.39 is 16.1 Å². The highest BCUT2D eigenvalue weighted by molar-refractivity contribution is 8.14.